The van der Waals surface area contributed by atoms with Gasteiger partial charge in [-0.2, -0.15) is 13.2 Å². The summed E-state index contributed by atoms with van der Waals surface area (Å²) in [6.45, 7) is 0. The molecule has 2 aromatic rings. The summed E-state index contributed by atoms with van der Waals surface area (Å²) >= 11 is 17.5. The first-order chi connectivity index (χ1) is 10.1. The number of benzene rings is 1. The van der Waals surface area contributed by atoms with E-state index in [0.29, 0.717) is 6.07 Å². The topological polar surface area (TPSA) is 53.4 Å². The second-order valence-corrected chi connectivity index (χ2v) is 5.47. The Morgan fingerprint density at radius 2 is 1.55 bits per heavy atom. The molecule has 2 rings (SSSR count). The van der Waals surface area contributed by atoms with Gasteiger partial charge in [0.25, 0.3) is 0 Å². The zero-order valence-corrected chi connectivity index (χ0v) is 12.8. The lowest BCUT2D eigenvalue weighted by Crippen LogP contribution is -2.33. The molecule has 0 amide bonds. The lowest BCUT2D eigenvalue weighted by molar-refractivity contribution is -0.141. The fraction of sp³-hybridized carbons (Fsp3) is 0.0833. The van der Waals surface area contributed by atoms with Crippen LogP contribution in [0.25, 0.3) is 11.3 Å². The van der Waals surface area contributed by atoms with Crippen molar-refractivity contribution in [2.45, 2.75) is 6.18 Å². The van der Waals surface area contributed by atoms with Crippen LogP contribution >= 0.6 is 34.8 Å². The van der Waals surface area contributed by atoms with Gasteiger partial charge in [-0.3, -0.25) is 0 Å². The third-order valence-corrected chi connectivity index (χ3v) is 3.80. The Morgan fingerprint density at radius 3 is 2.09 bits per heavy atom. The van der Waals surface area contributed by atoms with Crippen molar-refractivity contribution in [2.75, 3.05) is 0 Å². The molecule has 1 aromatic heterocycles. The summed E-state index contributed by atoms with van der Waals surface area (Å²) in [5.41, 5.74) is -1.78. The van der Waals surface area contributed by atoms with Crippen LogP contribution in [0.2, 0.25) is 15.1 Å². The number of aromatic nitrogens is 1. The van der Waals surface area contributed by atoms with E-state index in [1.54, 1.807) is 0 Å². The molecule has 1 aromatic carbocycles. The van der Waals surface area contributed by atoms with E-state index in [2.05, 4.69) is 4.98 Å². The predicted octanol–water partition coefficient (Wildman–Crippen LogP) is 3.41. The molecule has 3 nitrogen and oxygen atoms in total. The van der Waals surface area contributed by atoms with Crippen LogP contribution in [0.3, 0.4) is 0 Å². The van der Waals surface area contributed by atoms with Crippen molar-refractivity contribution in [1.82, 2.24) is 4.98 Å². The van der Waals surface area contributed by atoms with Gasteiger partial charge in [-0.05, 0) is 18.2 Å². The molecule has 22 heavy (non-hydrogen) atoms. The van der Waals surface area contributed by atoms with Crippen LogP contribution in [-0.2, 0) is 6.18 Å². The third kappa shape index (κ3) is 3.50. The molecule has 116 valence electrons. The molecule has 0 atom stereocenters. The largest absolute Gasteiger partial charge is 0.490 e. The van der Waals surface area contributed by atoms with Gasteiger partial charge in [0, 0.05) is 11.0 Å². The highest BCUT2D eigenvalue weighted by molar-refractivity contribution is 6.60. The highest BCUT2D eigenvalue weighted by Crippen LogP contribution is 2.35. The molecule has 0 saturated carbocycles. The highest BCUT2D eigenvalue weighted by Gasteiger charge is 2.34. The minimum atomic E-state index is -4.70. The normalized spacial score (nSPS) is 11.6. The first-order valence-electron chi connectivity index (χ1n) is 5.70. The molecule has 0 aliphatic carbocycles. The number of halogens is 6. The second kappa shape index (κ2) is 6.25. The van der Waals surface area contributed by atoms with Crippen molar-refractivity contribution < 1.29 is 23.2 Å². The molecule has 0 aliphatic heterocycles. The highest BCUT2D eigenvalue weighted by atomic mass is 35.5. The van der Waals surface area contributed by atoms with E-state index in [0.717, 1.165) is 6.07 Å². The van der Waals surface area contributed by atoms with Crippen LogP contribution in [0, 0.1) is 0 Å². The Balaban J connectivity index is 2.74. The summed E-state index contributed by atoms with van der Waals surface area (Å²) < 4.78 is 38.4. The van der Waals surface area contributed by atoms with Crippen LogP contribution in [0.1, 0.15) is 5.69 Å². The molecule has 2 N–H and O–H groups in total. The van der Waals surface area contributed by atoms with Gasteiger partial charge in [0.05, 0.1) is 20.8 Å². The Bertz CT molecular complexity index is 725. The van der Waals surface area contributed by atoms with Gasteiger partial charge in [-0.15, -0.1) is 0 Å². The van der Waals surface area contributed by atoms with Crippen molar-refractivity contribution in [2.24, 2.45) is 0 Å². The summed E-state index contributed by atoms with van der Waals surface area (Å²) in [6, 6.07) is 4.00. The first kappa shape index (κ1) is 17.4. The van der Waals surface area contributed by atoms with E-state index < -0.39 is 19.0 Å². The zero-order valence-electron chi connectivity index (χ0n) is 10.5. The van der Waals surface area contributed by atoms with E-state index in [9.17, 15) is 23.2 Å². The van der Waals surface area contributed by atoms with Gasteiger partial charge in [-0.1, -0.05) is 40.9 Å². The van der Waals surface area contributed by atoms with Crippen LogP contribution in [-0.4, -0.2) is 22.2 Å². The first-order valence-corrected chi connectivity index (χ1v) is 6.84. The molecular formula is C12H6BCl3F3NO2. The summed E-state index contributed by atoms with van der Waals surface area (Å²) in [5, 5.41) is 18.7. The van der Waals surface area contributed by atoms with E-state index in [-0.39, 0.29) is 31.8 Å². The van der Waals surface area contributed by atoms with Crippen LogP contribution in [0.15, 0.2) is 24.3 Å². The van der Waals surface area contributed by atoms with Gasteiger partial charge >= 0.3 is 13.3 Å². The van der Waals surface area contributed by atoms with E-state index in [1.807, 2.05) is 0 Å². The number of rotatable bonds is 2. The quantitative estimate of drug-likeness (QED) is 0.629. The fourth-order valence-electron chi connectivity index (χ4n) is 1.76. The van der Waals surface area contributed by atoms with Crippen molar-refractivity contribution >= 4 is 47.4 Å². The summed E-state index contributed by atoms with van der Waals surface area (Å²) in [5.74, 6) is 0. The SMILES string of the molecule is OB(O)c1ccc(C(F)(F)F)nc1-c1cc(Cl)c(Cl)cc1Cl. The minimum Gasteiger partial charge on any atom is -0.423 e. The summed E-state index contributed by atoms with van der Waals surface area (Å²) in [4.78, 5) is 3.44. The molecule has 0 unspecified atom stereocenters. The van der Waals surface area contributed by atoms with Gasteiger partial charge in [0.15, 0.2) is 0 Å². The molecule has 0 spiro atoms. The van der Waals surface area contributed by atoms with Gasteiger partial charge in [0.2, 0.25) is 0 Å². The Kier molecular flexibility index (Phi) is 4.94. The van der Waals surface area contributed by atoms with Crippen LogP contribution in [0.4, 0.5) is 13.2 Å². The number of nitrogens with zero attached hydrogens (tertiary/aromatic N) is 1. The Hall–Kier alpha value is -0.985. The number of hydrogen-bond donors (Lipinski definition) is 2. The zero-order chi connectivity index (χ0) is 16.7. The van der Waals surface area contributed by atoms with E-state index in [4.69, 9.17) is 34.8 Å². The smallest absolute Gasteiger partial charge is 0.423 e. The fourth-order valence-corrected chi connectivity index (χ4v) is 2.39. The third-order valence-electron chi connectivity index (χ3n) is 2.76. The van der Waals surface area contributed by atoms with Crippen LogP contribution in [0.5, 0.6) is 0 Å². The molecule has 0 bridgehead atoms. The number of alkyl halides is 3. The molecule has 0 fully saturated rings. The Morgan fingerprint density at radius 1 is 0.955 bits per heavy atom. The second-order valence-electron chi connectivity index (χ2n) is 4.25. The maximum absolute atomic E-state index is 12.8. The van der Waals surface area contributed by atoms with Crippen molar-refractivity contribution in [3.05, 3.63) is 45.0 Å². The molecule has 0 saturated heterocycles. The van der Waals surface area contributed by atoms with E-state index in [1.165, 1.54) is 12.1 Å². The van der Waals surface area contributed by atoms with Crippen molar-refractivity contribution in [3.63, 3.8) is 0 Å². The van der Waals surface area contributed by atoms with Crippen molar-refractivity contribution in [3.8, 4) is 11.3 Å². The van der Waals surface area contributed by atoms with E-state index >= 15 is 0 Å². The number of pyridine rings is 1. The average Bonchev–Trinajstić information content (AvgIpc) is 2.41. The summed E-state index contributed by atoms with van der Waals surface area (Å²) in [7, 11) is -2.03. The van der Waals surface area contributed by atoms with Gasteiger partial charge < -0.3 is 10.0 Å². The van der Waals surface area contributed by atoms with Crippen molar-refractivity contribution in [1.29, 1.82) is 0 Å². The lowest BCUT2D eigenvalue weighted by Gasteiger charge is -2.14. The molecule has 10 heteroatoms. The average molecular weight is 370 g/mol. The maximum Gasteiger partial charge on any atom is 0.490 e. The van der Waals surface area contributed by atoms with Crippen LogP contribution < -0.4 is 5.46 Å². The monoisotopic (exact) mass is 369 g/mol. The molecule has 1 heterocycles. The Labute approximate surface area is 138 Å². The lowest BCUT2D eigenvalue weighted by atomic mass is 9.77. The number of hydrogen-bond acceptors (Lipinski definition) is 3. The molecule has 0 aliphatic rings. The minimum absolute atomic E-state index is 0.00488. The molecule has 0 radical (unpaired) electrons. The summed E-state index contributed by atoms with van der Waals surface area (Å²) in [6.07, 6.45) is -4.70. The van der Waals surface area contributed by atoms with Gasteiger partial charge in [0.1, 0.15) is 5.69 Å². The standard InChI is InChI=1S/C12H6BCl3F3NO2/c14-7-4-9(16)8(15)3-5(7)11-6(13(21)22)1-2-10(20-11)12(17,18)19/h1-4,21-22H. The van der Waals surface area contributed by atoms with Gasteiger partial charge in [-0.25, -0.2) is 4.98 Å². The maximum atomic E-state index is 12.8. The predicted molar refractivity (Wildman–Crippen MR) is 79.5 cm³/mol. The molecular weight excluding hydrogens is 364 g/mol.